The number of ether oxygens (including phenoxy) is 1. The number of carbonyl (C=O) groups excluding carboxylic acids is 1. The average molecular weight is 325 g/mol. The Morgan fingerprint density at radius 2 is 1.74 bits per heavy atom. The van der Waals surface area contributed by atoms with E-state index in [1.165, 1.54) is 0 Å². The number of halogens is 3. The molecule has 1 amide bonds. The fourth-order valence-electron chi connectivity index (χ4n) is 1.91. The molecule has 1 unspecified atom stereocenters. The van der Waals surface area contributed by atoms with Crippen LogP contribution in [0.15, 0.2) is 42.5 Å². The molecule has 2 aromatic carbocycles. The molecule has 0 aliphatic rings. The lowest BCUT2D eigenvalue weighted by Gasteiger charge is -2.17. The van der Waals surface area contributed by atoms with Crippen molar-refractivity contribution in [3.05, 3.63) is 65.5 Å². The molecule has 0 saturated heterocycles. The van der Waals surface area contributed by atoms with Crippen molar-refractivity contribution < 1.29 is 27.8 Å². The van der Waals surface area contributed by atoms with Gasteiger partial charge >= 0.3 is 0 Å². The molecular weight excluding hydrogens is 311 g/mol. The standard InChI is InChI=1S/C16H14F3NO3/c17-12-6-10(7-13(18)16(12)19)14(8-21)20-15(22)9-23-11-4-2-1-3-5-11/h1-7,14,21H,8-9H2,(H,20,22). The van der Waals surface area contributed by atoms with Gasteiger partial charge in [0.2, 0.25) is 0 Å². The second-order valence-corrected chi connectivity index (χ2v) is 4.70. The fraction of sp³-hybridized carbons (Fsp3) is 0.188. The summed E-state index contributed by atoms with van der Waals surface area (Å²) in [5.74, 6) is -4.52. The summed E-state index contributed by atoms with van der Waals surface area (Å²) in [5.41, 5.74) is -0.0861. The summed E-state index contributed by atoms with van der Waals surface area (Å²) in [6.45, 7) is -0.950. The number of hydrogen-bond acceptors (Lipinski definition) is 3. The van der Waals surface area contributed by atoms with Gasteiger partial charge in [-0.1, -0.05) is 18.2 Å². The summed E-state index contributed by atoms with van der Waals surface area (Å²) in [7, 11) is 0. The second-order valence-electron chi connectivity index (χ2n) is 4.70. The third-order valence-corrected chi connectivity index (χ3v) is 3.04. The fourth-order valence-corrected chi connectivity index (χ4v) is 1.91. The highest BCUT2D eigenvalue weighted by Gasteiger charge is 2.19. The molecule has 23 heavy (non-hydrogen) atoms. The molecule has 0 bridgehead atoms. The van der Waals surface area contributed by atoms with E-state index in [0.717, 1.165) is 12.1 Å². The maximum atomic E-state index is 13.2. The van der Waals surface area contributed by atoms with Gasteiger partial charge in [0.1, 0.15) is 5.75 Å². The summed E-state index contributed by atoms with van der Waals surface area (Å²) in [6.07, 6.45) is 0. The Labute approximate surface area is 130 Å². The number of aliphatic hydroxyl groups is 1. The van der Waals surface area contributed by atoms with Crippen molar-refractivity contribution in [2.24, 2.45) is 0 Å². The van der Waals surface area contributed by atoms with Gasteiger partial charge in [-0.2, -0.15) is 0 Å². The van der Waals surface area contributed by atoms with E-state index in [9.17, 15) is 23.1 Å². The predicted octanol–water partition coefficient (Wildman–Crippen LogP) is 2.33. The van der Waals surface area contributed by atoms with Gasteiger partial charge in [0.15, 0.2) is 24.1 Å². The average Bonchev–Trinajstić information content (AvgIpc) is 2.56. The minimum absolute atomic E-state index is 0.0861. The Hall–Kier alpha value is -2.54. The quantitative estimate of drug-likeness (QED) is 0.802. The first-order valence-electron chi connectivity index (χ1n) is 6.73. The number of aliphatic hydroxyl groups excluding tert-OH is 1. The Bertz CT molecular complexity index is 657. The number of nitrogens with one attached hydrogen (secondary N) is 1. The lowest BCUT2D eigenvalue weighted by molar-refractivity contribution is -0.124. The smallest absolute Gasteiger partial charge is 0.258 e. The van der Waals surface area contributed by atoms with Crippen molar-refractivity contribution >= 4 is 5.91 Å². The molecular formula is C16H14F3NO3. The summed E-state index contributed by atoms with van der Waals surface area (Å²) in [5, 5.41) is 11.6. The van der Waals surface area contributed by atoms with Crippen LogP contribution in [0.25, 0.3) is 0 Å². The van der Waals surface area contributed by atoms with Crippen LogP contribution >= 0.6 is 0 Å². The van der Waals surface area contributed by atoms with E-state index in [-0.39, 0.29) is 12.2 Å². The molecule has 2 aromatic rings. The first-order valence-corrected chi connectivity index (χ1v) is 6.73. The summed E-state index contributed by atoms with van der Waals surface area (Å²) in [4.78, 5) is 11.8. The highest BCUT2D eigenvalue weighted by molar-refractivity contribution is 5.78. The maximum absolute atomic E-state index is 13.2. The van der Waals surface area contributed by atoms with E-state index < -0.39 is 36.0 Å². The van der Waals surface area contributed by atoms with E-state index in [1.54, 1.807) is 30.3 Å². The summed E-state index contributed by atoms with van der Waals surface area (Å²) >= 11 is 0. The van der Waals surface area contributed by atoms with Crippen LogP contribution in [0.2, 0.25) is 0 Å². The molecule has 0 heterocycles. The second kappa shape index (κ2) is 7.64. The van der Waals surface area contributed by atoms with E-state index in [4.69, 9.17) is 4.74 Å². The van der Waals surface area contributed by atoms with Crippen molar-refractivity contribution in [2.75, 3.05) is 13.2 Å². The number of hydrogen-bond donors (Lipinski definition) is 2. The van der Waals surface area contributed by atoms with E-state index in [1.807, 2.05) is 0 Å². The molecule has 0 aliphatic heterocycles. The van der Waals surface area contributed by atoms with Crippen LogP contribution in [-0.4, -0.2) is 24.2 Å². The van der Waals surface area contributed by atoms with Crippen LogP contribution in [0.4, 0.5) is 13.2 Å². The van der Waals surface area contributed by atoms with Crippen molar-refractivity contribution in [2.45, 2.75) is 6.04 Å². The predicted molar refractivity (Wildman–Crippen MR) is 76.2 cm³/mol. The number of para-hydroxylation sites is 1. The van der Waals surface area contributed by atoms with Crippen molar-refractivity contribution in [3.63, 3.8) is 0 Å². The molecule has 7 heteroatoms. The van der Waals surface area contributed by atoms with Gasteiger partial charge in [0.05, 0.1) is 12.6 Å². The maximum Gasteiger partial charge on any atom is 0.258 e. The molecule has 0 radical (unpaired) electrons. The Morgan fingerprint density at radius 1 is 1.13 bits per heavy atom. The molecule has 0 spiro atoms. The topological polar surface area (TPSA) is 58.6 Å². The van der Waals surface area contributed by atoms with Crippen molar-refractivity contribution in [3.8, 4) is 5.75 Å². The van der Waals surface area contributed by atoms with E-state index in [0.29, 0.717) is 5.75 Å². The van der Waals surface area contributed by atoms with Crippen molar-refractivity contribution in [1.29, 1.82) is 0 Å². The molecule has 122 valence electrons. The Morgan fingerprint density at radius 3 is 2.30 bits per heavy atom. The summed E-state index contributed by atoms with van der Waals surface area (Å²) < 4.78 is 44.6. The number of carbonyl (C=O) groups is 1. The zero-order valence-corrected chi connectivity index (χ0v) is 11.9. The number of amides is 1. The van der Waals surface area contributed by atoms with Gasteiger partial charge in [-0.05, 0) is 29.8 Å². The molecule has 0 fully saturated rings. The SMILES string of the molecule is O=C(COc1ccccc1)NC(CO)c1cc(F)c(F)c(F)c1. The number of benzene rings is 2. The third kappa shape index (κ3) is 4.46. The molecule has 0 saturated carbocycles. The van der Waals surface area contributed by atoms with Gasteiger partial charge in [0, 0.05) is 0 Å². The van der Waals surface area contributed by atoms with Crippen LogP contribution in [0, 0.1) is 17.5 Å². The number of rotatable bonds is 6. The van der Waals surface area contributed by atoms with Crippen LogP contribution in [0.1, 0.15) is 11.6 Å². The van der Waals surface area contributed by atoms with Gasteiger partial charge in [-0.25, -0.2) is 13.2 Å². The zero-order chi connectivity index (χ0) is 16.8. The van der Waals surface area contributed by atoms with Gasteiger partial charge in [0.25, 0.3) is 5.91 Å². The molecule has 4 nitrogen and oxygen atoms in total. The minimum atomic E-state index is -1.61. The van der Waals surface area contributed by atoms with Gasteiger partial charge < -0.3 is 15.2 Å². The van der Waals surface area contributed by atoms with Gasteiger partial charge in [-0.3, -0.25) is 4.79 Å². The largest absolute Gasteiger partial charge is 0.484 e. The molecule has 2 N–H and O–H groups in total. The first kappa shape index (κ1) is 16.8. The Balaban J connectivity index is 2.00. The Kier molecular flexibility index (Phi) is 5.59. The highest BCUT2D eigenvalue weighted by Crippen LogP contribution is 2.19. The normalized spacial score (nSPS) is 11.8. The lowest BCUT2D eigenvalue weighted by Crippen LogP contribution is -2.34. The lowest BCUT2D eigenvalue weighted by atomic mass is 10.1. The third-order valence-electron chi connectivity index (χ3n) is 3.04. The van der Waals surface area contributed by atoms with Crippen LogP contribution in [0.5, 0.6) is 5.75 Å². The van der Waals surface area contributed by atoms with Gasteiger partial charge in [-0.15, -0.1) is 0 Å². The first-order chi connectivity index (χ1) is 11.0. The monoisotopic (exact) mass is 325 g/mol. The van der Waals surface area contributed by atoms with Crippen LogP contribution < -0.4 is 10.1 Å². The summed E-state index contributed by atoms with van der Waals surface area (Å²) in [6, 6.07) is 8.92. The molecule has 0 aliphatic carbocycles. The zero-order valence-electron chi connectivity index (χ0n) is 11.9. The van der Waals surface area contributed by atoms with Crippen molar-refractivity contribution in [1.82, 2.24) is 5.32 Å². The molecule has 0 aromatic heterocycles. The molecule has 1 atom stereocenters. The molecule has 2 rings (SSSR count). The minimum Gasteiger partial charge on any atom is -0.484 e. The van der Waals surface area contributed by atoms with Crippen LogP contribution in [-0.2, 0) is 4.79 Å². The highest BCUT2D eigenvalue weighted by atomic mass is 19.2. The van der Waals surface area contributed by atoms with Crippen LogP contribution in [0.3, 0.4) is 0 Å². The van der Waals surface area contributed by atoms with E-state index in [2.05, 4.69) is 5.32 Å². The van der Waals surface area contributed by atoms with E-state index >= 15 is 0 Å².